The van der Waals surface area contributed by atoms with Gasteiger partial charge in [-0.2, -0.15) is 0 Å². The van der Waals surface area contributed by atoms with Crippen LogP contribution in [0.1, 0.15) is 12.5 Å². The summed E-state index contributed by atoms with van der Waals surface area (Å²) in [5.74, 6) is 0.0537. The van der Waals surface area contributed by atoms with Gasteiger partial charge in [0.25, 0.3) is 5.56 Å². The van der Waals surface area contributed by atoms with Gasteiger partial charge in [0.15, 0.2) is 10.9 Å². The number of carbonyl (C=O) groups is 2. The Kier molecular flexibility index (Phi) is 7.62. The van der Waals surface area contributed by atoms with Gasteiger partial charge in [-0.25, -0.2) is 4.98 Å². The van der Waals surface area contributed by atoms with E-state index in [9.17, 15) is 14.4 Å². The van der Waals surface area contributed by atoms with Gasteiger partial charge in [-0.15, -0.1) is 0 Å². The highest BCUT2D eigenvalue weighted by Gasteiger charge is 2.20. The summed E-state index contributed by atoms with van der Waals surface area (Å²) >= 11 is 1.13. The van der Waals surface area contributed by atoms with E-state index in [1.54, 1.807) is 30.3 Å². The summed E-state index contributed by atoms with van der Waals surface area (Å²) in [6.45, 7) is 1.46. The Hall–Kier alpha value is -3.91. The van der Waals surface area contributed by atoms with Crippen molar-refractivity contribution in [3.05, 3.63) is 94.8 Å². The van der Waals surface area contributed by atoms with Gasteiger partial charge < -0.3 is 10.1 Å². The Balaban J connectivity index is 1.61. The lowest BCUT2D eigenvalue weighted by Crippen LogP contribution is -2.42. The van der Waals surface area contributed by atoms with Crippen LogP contribution < -0.4 is 15.6 Å². The van der Waals surface area contributed by atoms with Crippen molar-refractivity contribution in [2.24, 2.45) is 0 Å². The van der Waals surface area contributed by atoms with Crippen LogP contribution in [0, 0.1) is 0 Å². The molecule has 0 aliphatic heterocycles. The first-order valence-corrected chi connectivity index (χ1v) is 12.1. The first kappa shape index (κ1) is 24.2. The molecular weight excluding hydrogens is 462 g/mol. The van der Waals surface area contributed by atoms with Crippen LogP contribution in [-0.4, -0.2) is 40.1 Å². The van der Waals surface area contributed by atoms with Crippen molar-refractivity contribution in [2.45, 2.75) is 24.5 Å². The number of hydrogen-bond donors (Lipinski definition) is 1. The highest BCUT2D eigenvalue weighted by atomic mass is 32.2. The number of amides is 1. The Morgan fingerprint density at radius 1 is 1.00 bits per heavy atom. The third kappa shape index (κ3) is 5.60. The molecule has 1 amide bonds. The molecule has 7 nitrogen and oxygen atoms in total. The van der Waals surface area contributed by atoms with Gasteiger partial charge in [0.05, 0.1) is 35.5 Å². The van der Waals surface area contributed by atoms with Crippen LogP contribution in [0.3, 0.4) is 0 Å². The predicted molar refractivity (Wildman–Crippen MR) is 137 cm³/mol. The van der Waals surface area contributed by atoms with Crippen molar-refractivity contribution in [3.8, 4) is 11.4 Å². The number of para-hydroxylation sites is 3. The number of aromatic nitrogens is 2. The molecule has 3 aromatic carbocycles. The van der Waals surface area contributed by atoms with Gasteiger partial charge in [-0.05, 0) is 43.2 Å². The van der Waals surface area contributed by atoms with E-state index in [0.717, 1.165) is 17.3 Å². The van der Waals surface area contributed by atoms with E-state index in [2.05, 4.69) is 10.3 Å². The van der Waals surface area contributed by atoms with Crippen LogP contribution in [0.5, 0.6) is 5.75 Å². The molecular formula is C27H25N3O4S. The van der Waals surface area contributed by atoms with Crippen LogP contribution in [-0.2, 0) is 16.0 Å². The minimum absolute atomic E-state index is 0.0154. The number of benzene rings is 3. The number of hydrogen-bond acceptors (Lipinski definition) is 6. The van der Waals surface area contributed by atoms with Crippen molar-refractivity contribution in [3.63, 3.8) is 0 Å². The lowest BCUT2D eigenvalue weighted by Gasteiger charge is -2.17. The molecule has 0 fully saturated rings. The van der Waals surface area contributed by atoms with Crippen LogP contribution in [0.4, 0.5) is 0 Å². The van der Waals surface area contributed by atoms with Gasteiger partial charge in [-0.3, -0.25) is 19.0 Å². The Morgan fingerprint density at radius 2 is 1.69 bits per heavy atom. The summed E-state index contributed by atoms with van der Waals surface area (Å²) < 4.78 is 6.93. The van der Waals surface area contributed by atoms with Crippen molar-refractivity contribution in [1.82, 2.24) is 14.9 Å². The average molecular weight is 488 g/mol. The maximum atomic E-state index is 13.4. The fourth-order valence-electron chi connectivity index (χ4n) is 3.75. The van der Waals surface area contributed by atoms with Crippen molar-refractivity contribution >= 4 is 34.4 Å². The minimum atomic E-state index is -0.633. The van der Waals surface area contributed by atoms with Crippen LogP contribution >= 0.6 is 11.8 Å². The molecule has 1 N–H and O–H groups in total. The van der Waals surface area contributed by atoms with Gasteiger partial charge in [0.1, 0.15) is 5.75 Å². The van der Waals surface area contributed by atoms with Crippen molar-refractivity contribution in [1.29, 1.82) is 0 Å². The Morgan fingerprint density at radius 3 is 2.43 bits per heavy atom. The summed E-state index contributed by atoms with van der Waals surface area (Å²) in [5, 5.41) is 3.64. The molecule has 8 heteroatoms. The van der Waals surface area contributed by atoms with Crippen molar-refractivity contribution in [2.75, 3.05) is 12.9 Å². The molecule has 0 saturated heterocycles. The second-order valence-electron chi connectivity index (χ2n) is 7.93. The standard InChI is InChI=1S/C27H25N3O4S/c1-18(31)22(16-19-10-4-3-5-11-19)28-25(32)17-35-27-29-21-13-7-6-12-20(21)26(33)30(27)23-14-8-9-15-24(23)34-2/h3-15,22H,16-17H2,1-2H3,(H,28,32)/t22-/m1/s1. The minimum Gasteiger partial charge on any atom is -0.495 e. The molecule has 1 aromatic heterocycles. The number of nitrogens with zero attached hydrogens (tertiary/aromatic N) is 2. The van der Waals surface area contributed by atoms with E-state index in [-0.39, 0.29) is 23.0 Å². The monoisotopic (exact) mass is 487 g/mol. The zero-order valence-corrected chi connectivity index (χ0v) is 20.2. The number of methoxy groups -OCH3 is 1. The topological polar surface area (TPSA) is 90.3 Å². The second kappa shape index (κ2) is 11.0. The molecule has 0 aliphatic carbocycles. The van der Waals surface area contributed by atoms with E-state index in [1.807, 2.05) is 48.5 Å². The molecule has 0 unspecified atom stereocenters. The van der Waals surface area contributed by atoms with Crippen molar-refractivity contribution < 1.29 is 14.3 Å². The zero-order chi connectivity index (χ0) is 24.8. The summed E-state index contributed by atoms with van der Waals surface area (Å²) in [6, 6.07) is 23.1. The number of rotatable bonds is 9. The van der Waals surface area contributed by atoms with Gasteiger partial charge in [-0.1, -0.05) is 66.4 Å². The third-order valence-corrected chi connectivity index (χ3v) is 6.45. The van der Waals surface area contributed by atoms with Gasteiger partial charge in [0, 0.05) is 0 Å². The van der Waals surface area contributed by atoms with Gasteiger partial charge >= 0.3 is 0 Å². The molecule has 0 aliphatic rings. The average Bonchev–Trinajstić information content (AvgIpc) is 2.88. The highest BCUT2D eigenvalue weighted by Crippen LogP contribution is 2.27. The molecule has 4 rings (SSSR count). The Bertz CT molecular complexity index is 1420. The number of ether oxygens (including phenoxy) is 1. The molecule has 0 spiro atoms. The fourth-order valence-corrected chi connectivity index (χ4v) is 4.57. The largest absolute Gasteiger partial charge is 0.495 e. The maximum Gasteiger partial charge on any atom is 0.266 e. The molecule has 35 heavy (non-hydrogen) atoms. The first-order chi connectivity index (χ1) is 17.0. The highest BCUT2D eigenvalue weighted by molar-refractivity contribution is 7.99. The van der Waals surface area contributed by atoms with Crippen LogP contribution in [0.25, 0.3) is 16.6 Å². The molecule has 0 saturated carbocycles. The summed E-state index contributed by atoms with van der Waals surface area (Å²) in [4.78, 5) is 43.1. The SMILES string of the molecule is COc1ccccc1-n1c(SCC(=O)N[C@H](Cc2ccccc2)C(C)=O)nc2ccccc2c1=O. The second-order valence-corrected chi connectivity index (χ2v) is 8.88. The lowest BCUT2D eigenvalue weighted by molar-refractivity contribution is -0.125. The number of thioether (sulfide) groups is 1. The first-order valence-electron chi connectivity index (χ1n) is 11.1. The molecule has 1 atom stereocenters. The quantitative estimate of drug-likeness (QED) is 0.285. The number of fused-ring (bicyclic) bond motifs is 1. The normalized spacial score (nSPS) is 11.7. The molecule has 0 radical (unpaired) electrons. The smallest absolute Gasteiger partial charge is 0.266 e. The summed E-state index contributed by atoms with van der Waals surface area (Å²) in [5.41, 5.74) is 1.78. The van der Waals surface area contributed by atoms with E-state index in [1.165, 1.54) is 18.6 Å². The fraction of sp³-hybridized carbons (Fsp3) is 0.185. The molecule has 4 aromatic rings. The summed E-state index contributed by atoms with van der Waals surface area (Å²) in [6.07, 6.45) is 0.409. The maximum absolute atomic E-state index is 13.4. The van der Waals surface area contributed by atoms with Crippen LogP contribution in [0.2, 0.25) is 0 Å². The number of nitrogens with one attached hydrogen (secondary N) is 1. The third-order valence-electron chi connectivity index (χ3n) is 5.51. The summed E-state index contributed by atoms with van der Waals surface area (Å²) in [7, 11) is 1.53. The Labute approximate surface area is 207 Å². The molecule has 1 heterocycles. The van der Waals surface area contributed by atoms with Crippen LogP contribution in [0.15, 0.2) is 88.8 Å². The van der Waals surface area contributed by atoms with E-state index in [0.29, 0.717) is 33.9 Å². The number of Topliss-reactive ketones (excluding diaryl/α,β-unsaturated/α-hetero) is 1. The zero-order valence-electron chi connectivity index (χ0n) is 19.4. The predicted octanol–water partition coefficient (Wildman–Crippen LogP) is 3.80. The number of carbonyl (C=O) groups excluding carboxylic acids is 2. The molecule has 0 bridgehead atoms. The van der Waals surface area contributed by atoms with E-state index < -0.39 is 6.04 Å². The molecule has 178 valence electrons. The van der Waals surface area contributed by atoms with Gasteiger partial charge in [0.2, 0.25) is 5.91 Å². The lowest BCUT2D eigenvalue weighted by atomic mass is 10.0. The number of ketones is 1. The van der Waals surface area contributed by atoms with E-state index in [4.69, 9.17) is 4.74 Å². The van der Waals surface area contributed by atoms with E-state index >= 15 is 0 Å².